The summed E-state index contributed by atoms with van der Waals surface area (Å²) in [7, 11) is 0. The van der Waals surface area contributed by atoms with Crippen molar-refractivity contribution < 1.29 is 4.74 Å². The molecule has 0 amide bonds. The van der Waals surface area contributed by atoms with Crippen LogP contribution in [0.1, 0.15) is 5.56 Å². The van der Waals surface area contributed by atoms with Crippen molar-refractivity contribution in [1.29, 1.82) is 0 Å². The summed E-state index contributed by atoms with van der Waals surface area (Å²) >= 11 is 0. The lowest BCUT2D eigenvalue weighted by atomic mass is 9.78. The van der Waals surface area contributed by atoms with E-state index in [0.29, 0.717) is 6.54 Å². The van der Waals surface area contributed by atoms with Crippen molar-refractivity contribution in [2.24, 2.45) is 5.73 Å². The molecule has 2 N–H and O–H groups in total. The van der Waals surface area contributed by atoms with E-state index >= 15 is 0 Å². The van der Waals surface area contributed by atoms with Gasteiger partial charge in [0.2, 0.25) is 0 Å². The molecule has 1 heterocycles. The van der Waals surface area contributed by atoms with Crippen LogP contribution in [-0.4, -0.2) is 19.8 Å². The van der Waals surface area contributed by atoms with Gasteiger partial charge in [0, 0.05) is 6.54 Å². The first-order valence-electron chi connectivity index (χ1n) is 5.61. The van der Waals surface area contributed by atoms with E-state index in [1.54, 1.807) is 0 Å². The molecule has 0 aromatic heterocycles. The van der Waals surface area contributed by atoms with Crippen molar-refractivity contribution in [3.63, 3.8) is 0 Å². The van der Waals surface area contributed by atoms with Gasteiger partial charge < -0.3 is 10.5 Å². The number of ether oxygens (including phenoxy) is 1. The second kappa shape index (κ2) is 3.58. The van der Waals surface area contributed by atoms with Gasteiger partial charge in [0.15, 0.2) is 0 Å². The third kappa shape index (κ3) is 1.34. The normalized spacial score (nSPS) is 18.3. The Morgan fingerprint density at radius 1 is 1.06 bits per heavy atom. The lowest BCUT2D eigenvalue weighted by Crippen LogP contribution is -2.52. The molecule has 0 atom stereocenters. The Morgan fingerprint density at radius 2 is 1.81 bits per heavy atom. The van der Waals surface area contributed by atoms with Crippen molar-refractivity contribution >= 4 is 10.8 Å². The minimum absolute atomic E-state index is 0.0596. The summed E-state index contributed by atoms with van der Waals surface area (Å²) in [4.78, 5) is 0. The van der Waals surface area contributed by atoms with E-state index < -0.39 is 0 Å². The Morgan fingerprint density at radius 3 is 2.44 bits per heavy atom. The summed E-state index contributed by atoms with van der Waals surface area (Å²) in [5.74, 6) is 0. The zero-order valence-corrected chi connectivity index (χ0v) is 9.15. The third-order valence-electron chi connectivity index (χ3n) is 3.51. The minimum Gasteiger partial charge on any atom is -0.379 e. The van der Waals surface area contributed by atoms with E-state index in [9.17, 15) is 0 Å². The molecule has 3 rings (SSSR count). The van der Waals surface area contributed by atoms with Gasteiger partial charge in [-0.2, -0.15) is 0 Å². The van der Waals surface area contributed by atoms with E-state index in [2.05, 4.69) is 42.5 Å². The molecular weight excluding hydrogens is 198 g/mol. The maximum absolute atomic E-state index is 5.86. The highest BCUT2D eigenvalue weighted by Crippen LogP contribution is 2.32. The van der Waals surface area contributed by atoms with Crippen molar-refractivity contribution in [2.45, 2.75) is 5.41 Å². The maximum atomic E-state index is 5.86. The topological polar surface area (TPSA) is 35.2 Å². The fourth-order valence-electron chi connectivity index (χ4n) is 2.27. The molecule has 0 unspecified atom stereocenters. The highest BCUT2D eigenvalue weighted by atomic mass is 16.5. The van der Waals surface area contributed by atoms with Crippen LogP contribution in [0.2, 0.25) is 0 Å². The van der Waals surface area contributed by atoms with Crippen molar-refractivity contribution in [3.8, 4) is 0 Å². The van der Waals surface area contributed by atoms with Gasteiger partial charge in [-0.25, -0.2) is 0 Å². The quantitative estimate of drug-likeness (QED) is 0.828. The predicted octanol–water partition coefficient (Wildman–Crippen LogP) is 2.07. The zero-order chi connectivity index (χ0) is 11.0. The Labute approximate surface area is 95.0 Å². The van der Waals surface area contributed by atoms with Crippen molar-refractivity contribution in [1.82, 2.24) is 0 Å². The molecule has 2 aromatic carbocycles. The van der Waals surface area contributed by atoms with Gasteiger partial charge >= 0.3 is 0 Å². The van der Waals surface area contributed by atoms with E-state index in [-0.39, 0.29) is 5.41 Å². The van der Waals surface area contributed by atoms with Crippen molar-refractivity contribution in [3.05, 3.63) is 48.0 Å². The SMILES string of the molecule is NCC1(c2ccc3ccccc3c2)COC1. The molecule has 2 nitrogen and oxygen atoms in total. The number of hydrogen-bond donors (Lipinski definition) is 1. The minimum atomic E-state index is 0.0596. The standard InChI is InChI=1S/C14H15NO/c15-8-14(9-16-10-14)13-6-5-11-3-1-2-4-12(11)7-13/h1-7H,8-10,15H2. The van der Waals surface area contributed by atoms with Crippen LogP contribution in [0.5, 0.6) is 0 Å². The van der Waals surface area contributed by atoms with Crippen LogP contribution in [0.15, 0.2) is 42.5 Å². The maximum Gasteiger partial charge on any atom is 0.0597 e. The number of nitrogens with two attached hydrogens (primary N) is 1. The highest BCUT2D eigenvalue weighted by Gasteiger charge is 2.38. The van der Waals surface area contributed by atoms with Gasteiger partial charge in [-0.1, -0.05) is 42.5 Å². The zero-order valence-electron chi connectivity index (χ0n) is 9.15. The van der Waals surface area contributed by atoms with Crippen LogP contribution in [0, 0.1) is 0 Å². The number of fused-ring (bicyclic) bond motifs is 1. The Bertz CT molecular complexity index is 511. The molecule has 0 aliphatic carbocycles. The Balaban J connectivity index is 2.11. The first-order valence-corrected chi connectivity index (χ1v) is 5.61. The first kappa shape index (κ1) is 9.82. The fraction of sp³-hybridized carbons (Fsp3) is 0.286. The van der Waals surface area contributed by atoms with Gasteiger partial charge in [0.25, 0.3) is 0 Å². The fourth-order valence-corrected chi connectivity index (χ4v) is 2.27. The van der Waals surface area contributed by atoms with Gasteiger partial charge in [-0.3, -0.25) is 0 Å². The molecule has 1 saturated heterocycles. The average Bonchev–Trinajstić information content (AvgIpc) is 2.28. The second-order valence-electron chi connectivity index (χ2n) is 4.54. The summed E-state index contributed by atoms with van der Waals surface area (Å²) < 4.78 is 5.32. The van der Waals surface area contributed by atoms with Crippen LogP contribution in [0.25, 0.3) is 10.8 Å². The molecule has 1 aliphatic rings. The summed E-state index contributed by atoms with van der Waals surface area (Å²) in [5, 5.41) is 2.55. The molecule has 1 aliphatic heterocycles. The average molecular weight is 213 g/mol. The number of rotatable bonds is 2. The number of hydrogen-bond acceptors (Lipinski definition) is 2. The van der Waals surface area contributed by atoms with E-state index in [4.69, 9.17) is 10.5 Å². The number of benzene rings is 2. The molecule has 1 fully saturated rings. The monoisotopic (exact) mass is 213 g/mol. The Hall–Kier alpha value is -1.38. The highest BCUT2D eigenvalue weighted by molar-refractivity contribution is 5.83. The molecule has 0 saturated carbocycles. The molecule has 0 radical (unpaired) electrons. The molecule has 16 heavy (non-hydrogen) atoms. The second-order valence-corrected chi connectivity index (χ2v) is 4.54. The predicted molar refractivity (Wildman–Crippen MR) is 65.5 cm³/mol. The van der Waals surface area contributed by atoms with Gasteiger partial charge in [-0.05, 0) is 16.3 Å². The van der Waals surface area contributed by atoms with E-state index in [1.807, 2.05) is 0 Å². The van der Waals surface area contributed by atoms with E-state index in [0.717, 1.165) is 13.2 Å². The molecule has 82 valence electrons. The summed E-state index contributed by atoms with van der Waals surface area (Å²) in [6, 6.07) is 15.0. The molecule has 2 heteroatoms. The molecule has 0 bridgehead atoms. The van der Waals surface area contributed by atoms with Gasteiger partial charge in [0.1, 0.15) is 0 Å². The molecular formula is C14H15NO. The smallest absolute Gasteiger partial charge is 0.0597 e. The van der Waals surface area contributed by atoms with Crippen LogP contribution in [-0.2, 0) is 10.2 Å². The van der Waals surface area contributed by atoms with E-state index in [1.165, 1.54) is 16.3 Å². The van der Waals surface area contributed by atoms with Crippen LogP contribution in [0.4, 0.5) is 0 Å². The first-order chi connectivity index (χ1) is 7.84. The largest absolute Gasteiger partial charge is 0.379 e. The molecule has 0 spiro atoms. The Kier molecular flexibility index (Phi) is 2.20. The summed E-state index contributed by atoms with van der Waals surface area (Å²) in [6.45, 7) is 2.16. The van der Waals surface area contributed by atoms with Crippen LogP contribution >= 0.6 is 0 Å². The lowest BCUT2D eigenvalue weighted by Gasteiger charge is -2.41. The summed E-state index contributed by atoms with van der Waals surface area (Å²) in [6.07, 6.45) is 0. The molecule has 2 aromatic rings. The van der Waals surface area contributed by atoms with Crippen LogP contribution < -0.4 is 5.73 Å². The van der Waals surface area contributed by atoms with Gasteiger partial charge in [0.05, 0.1) is 18.6 Å². The lowest BCUT2D eigenvalue weighted by molar-refractivity contribution is -0.0549. The third-order valence-corrected chi connectivity index (χ3v) is 3.51. The van der Waals surface area contributed by atoms with Crippen molar-refractivity contribution in [2.75, 3.05) is 19.8 Å². The summed E-state index contributed by atoms with van der Waals surface area (Å²) in [5.41, 5.74) is 7.23. The van der Waals surface area contributed by atoms with Crippen LogP contribution in [0.3, 0.4) is 0 Å². The van der Waals surface area contributed by atoms with Gasteiger partial charge in [-0.15, -0.1) is 0 Å².